The Morgan fingerprint density at radius 2 is 1.92 bits per heavy atom. The monoisotopic (exact) mass is 521 g/mol. The molecule has 2 aliphatic rings. The normalized spacial score (nSPS) is 16.9. The number of rotatable bonds is 10. The molecule has 1 saturated heterocycles. The molecule has 0 aliphatic carbocycles. The molecule has 38 heavy (non-hydrogen) atoms. The fourth-order valence-corrected chi connectivity index (χ4v) is 5.24. The summed E-state index contributed by atoms with van der Waals surface area (Å²) in [6.07, 6.45) is 1.73. The molecule has 1 atom stereocenters. The number of aromatic nitrogens is 1. The number of ether oxygens (including phenoxy) is 3. The van der Waals surface area contributed by atoms with Crippen molar-refractivity contribution in [2.75, 3.05) is 40.0 Å². The van der Waals surface area contributed by atoms with Gasteiger partial charge in [0.25, 0.3) is 0 Å². The lowest BCUT2D eigenvalue weighted by atomic mass is 9.97. The third-order valence-electron chi connectivity index (χ3n) is 7.35. The number of benzene rings is 2. The number of piperidine rings is 1. The molecule has 3 heterocycles. The Bertz CT molecular complexity index is 1270. The average molecular weight is 522 g/mol. The Balaban J connectivity index is 1.18. The topological polar surface area (TPSA) is 113 Å². The molecule has 0 radical (unpaired) electrons. The van der Waals surface area contributed by atoms with Crippen molar-refractivity contribution in [1.29, 1.82) is 0 Å². The summed E-state index contributed by atoms with van der Waals surface area (Å²) < 4.78 is 16.6. The molecule has 0 saturated carbocycles. The number of carboxylic acid groups (broad SMARTS) is 1. The molecule has 9 nitrogen and oxygen atoms in total. The van der Waals surface area contributed by atoms with Gasteiger partial charge in [-0.3, -0.25) is 4.79 Å². The summed E-state index contributed by atoms with van der Waals surface area (Å²) in [7, 11) is 1.56. The maximum Gasteiger partial charge on any atom is 0.303 e. The fraction of sp³-hybridized carbons (Fsp3) is 0.448. The molecule has 0 bridgehead atoms. The van der Waals surface area contributed by atoms with E-state index >= 15 is 0 Å². The van der Waals surface area contributed by atoms with Crippen molar-refractivity contribution in [3.05, 3.63) is 59.2 Å². The van der Waals surface area contributed by atoms with Gasteiger partial charge >= 0.3 is 5.97 Å². The van der Waals surface area contributed by atoms with Crippen molar-refractivity contribution in [1.82, 2.24) is 15.2 Å². The first-order chi connectivity index (χ1) is 18.5. The van der Waals surface area contributed by atoms with Crippen LogP contribution in [0.2, 0.25) is 0 Å². The highest BCUT2D eigenvalue weighted by molar-refractivity contribution is 5.86. The SMILES string of the molecule is COc1ccc2c(CCC(=O)O)ccc(C(O)CN3CCC(NCc4ccc5c(c4)OCCO5)CC3)c2n1. The Hall–Kier alpha value is -3.40. The highest BCUT2D eigenvalue weighted by atomic mass is 16.6. The third kappa shape index (κ3) is 6.18. The van der Waals surface area contributed by atoms with Crippen LogP contribution in [0.25, 0.3) is 10.9 Å². The summed E-state index contributed by atoms with van der Waals surface area (Å²) in [5.74, 6) is 1.25. The van der Waals surface area contributed by atoms with Crippen molar-refractivity contribution in [2.24, 2.45) is 0 Å². The van der Waals surface area contributed by atoms with E-state index in [1.165, 1.54) is 5.56 Å². The number of likely N-dealkylation sites (tertiary alicyclic amines) is 1. The highest BCUT2D eigenvalue weighted by Gasteiger charge is 2.23. The highest BCUT2D eigenvalue weighted by Crippen LogP contribution is 2.31. The molecule has 2 aromatic carbocycles. The third-order valence-corrected chi connectivity index (χ3v) is 7.35. The number of pyridine rings is 1. The summed E-state index contributed by atoms with van der Waals surface area (Å²) >= 11 is 0. The van der Waals surface area contributed by atoms with Crippen LogP contribution in [0.15, 0.2) is 42.5 Å². The molecule has 0 amide bonds. The van der Waals surface area contributed by atoms with Gasteiger partial charge in [0.05, 0.1) is 18.7 Å². The fourth-order valence-electron chi connectivity index (χ4n) is 5.24. The largest absolute Gasteiger partial charge is 0.486 e. The number of β-amino-alcohol motifs (C(OH)–C–C–N with tert-alkyl or cyclic N) is 1. The van der Waals surface area contributed by atoms with Crippen molar-refractivity contribution >= 4 is 16.9 Å². The van der Waals surface area contributed by atoms with Crippen LogP contribution >= 0.6 is 0 Å². The zero-order valence-electron chi connectivity index (χ0n) is 21.7. The van der Waals surface area contributed by atoms with E-state index in [9.17, 15) is 9.90 Å². The van der Waals surface area contributed by atoms with Gasteiger partial charge in [-0.25, -0.2) is 4.98 Å². The van der Waals surface area contributed by atoms with Crippen LogP contribution in [0.1, 0.15) is 42.1 Å². The first-order valence-corrected chi connectivity index (χ1v) is 13.2. The van der Waals surface area contributed by atoms with E-state index in [4.69, 9.17) is 19.3 Å². The van der Waals surface area contributed by atoms with E-state index in [2.05, 4.69) is 21.3 Å². The van der Waals surface area contributed by atoms with Crippen LogP contribution < -0.4 is 19.5 Å². The Morgan fingerprint density at radius 1 is 1.13 bits per heavy atom. The van der Waals surface area contributed by atoms with Crippen molar-refractivity contribution in [3.8, 4) is 17.4 Å². The molecule has 202 valence electrons. The molecule has 5 rings (SSSR count). The van der Waals surface area contributed by atoms with Crippen molar-refractivity contribution < 1.29 is 29.2 Å². The quantitative estimate of drug-likeness (QED) is 0.370. The summed E-state index contributed by atoms with van der Waals surface area (Å²) in [5, 5.41) is 24.8. The Morgan fingerprint density at radius 3 is 2.68 bits per heavy atom. The van der Waals surface area contributed by atoms with Gasteiger partial charge in [0.15, 0.2) is 11.5 Å². The van der Waals surface area contributed by atoms with Crippen molar-refractivity contribution in [3.63, 3.8) is 0 Å². The summed E-state index contributed by atoms with van der Waals surface area (Å²) in [6, 6.07) is 14.0. The zero-order chi connectivity index (χ0) is 26.5. The van der Waals surface area contributed by atoms with Gasteiger partial charge in [-0.2, -0.15) is 0 Å². The van der Waals surface area contributed by atoms with Crippen LogP contribution in [0.4, 0.5) is 0 Å². The van der Waals surface area contributed by atoms with Gasteiger partial charge < -0.3 is 34.6 Å². The van der Waals surface area contributed by atoms with E-state index in [0.717, 1.165) is 60.5 Å². The van der Waals surface area contributed by atoms with Gasteiger partial charge in [0.1, 0.15) is 13.2 Å². The first-order valence-electron chi connectivity index (χ1n) is 13.2. The number of aliphatic hydroxyl groups is 1. The van der Waals surface area contributed by atoms with E-state index in [1.54, 1.807) is 13.2 Å². The standard InChI is InChI=1S/C29H35N3O6/c1-36-27-8-6-22-20(4-9-28(34)35)3-5-23(29(22)31-27)24(33)18-32-12-10-21(11-13-32)30-17-19-2-7-25-26(16-19)38-15-14-37-25/h2-3,5-8,16,21,24,30,33H,4,9-15,17-18H2,1H3,(H,34,35). The van der Waals surface area contributed by atoms with E-state index in [1.807, 2.05) is 30.3 Å². The average Bonchev–Trinajstić information content (AvgIpc) is 2.94. The molecule has 0 spiro atoms. The lowest BCUT2D eigenvalue weighted by molar-refractivity contribution is -0.136. The van der Waals surface area contributed by atoms with Gasteiger partial charge in [-0.15, -0.1) is 0 Å². The molecule has 1 aromatic heterocycles. The molecular formula is C29H35N3O6. The number of hydrogen-bond donors (Lipinski definition) is 3. The minimum absolute atomic E-state index is 0.0423. The second kappa shape index (κ2) is 12.0. The predicted molar refractivity (Wildman–Crippen MR) is 143 cm³/mol. The number of hydrogen-bond acceptors (Lipinski definition) is 8. The van der Waals surface area contributed by atoms with E-state index in [0.29, 0.717) is 43.6 Å². The minimum Gasteiger partial charge on any atom is -0.486 e. The number of carboxylic acids is 1. The summed E-state index contributed by atoms with van der Waals surface area (Å²) in [6.45, 7) is 4.25. The predicted octanol–water partition coefficient (Wildman–Crippen LogP) is 3.32. The number of methoxy groups -OCH3 is 1. The molecule has 1 fully saturated rings. The molecule has 3 N–H and O–H groups in total. The summed E-state index contributed by atoms with van der Waals surface area (Å²) in [5.41, 5.74) is 3.47. The second-order valence-electron chi connectivity index (χ2n) is 9.91. The number of fused-ring (bicyclic) bond motifs is 2. The molecule has 2 aliphatic heterocycles. The van der Waals surface area contributed by atoms with E-state index < -0.39 is 12.1 Å². The first kappa shape index (κ1) is 26.2. The maximum absolute atomic E-state index is 11.2. The van der Waals surface area contributed by atoms with Gasteiger partial charge in [0.2, 0.25) is 5.88 Å². The Labute approximate surface area is 222 Å². The molecule has 3 aromatic rings. The van der Waals surface area contributed by atoms with Gasteiger partial charge in [-0.05, 0) is 61.7 Å². The molecule has 1 unspecified atom stereocenters. The number of aryl methyl sites for hydroxylation is 1. The van der Waals surface area contributed by atoms with Gasteiger partial charge in [-0.1, -0.05) is 18.2 Å². The second-order valence-corrected chi connectivity index (χ2v) is 9.91. The number of carbonyl (C=O) groups is 1. The lowest BCUT2D eigenvalue weighted by Gasteiger charge is -2.34. The number of aliphatic hydroxyl groups excluding tert-OH is 1. The van der Waals surface area contributed by atoms with Crippen LogP contribution in [-0.4, -0.2) is 72.1 Å². The summed E-state index contributed by atoms with van der Waals surface area (Å²) in [4.78, 5) is 18.0. The van der Waals surface area contributed by atoms with Crippen molar-refractivity contribution in [2.45, 2.75) is 44.4 Å². The van der Waals surface area contributed by atoms with Crippen LogP contribution in [0, 0.1) is 0 Å². The van der Waals surface area contributed by atoms with E-state index in [-0.39, 0.29) is 6.42 Å². The Kier molecular flexibility index (Phi) is 8.26. The number of nitrogens with one attached hydrogen (secondary N) is 1. The zero-order valence-corrected chi connectivity index (χ0v) is 21.7. The number of aliphatic carboxylic acids is 1. The van der Waals surface area contributed by atoms with Gasteiger partial charge in [0, 0.05) is 42.6 Å². The smallest absolute Gasteiger partial charge is 0.303 e. The minimum atomic E-state index is -0.840. The number of nitrogens with zero attached hydrogens (tertiary/aromatic N) is 2. The van der Waals surface area contributed by atoms with Crippen LogP contribution in [0.3, 0.4) is 0 Å². The lowest BCUT2D eigenvalue weighted by Crippen LogP contribution is -2.43. The maximum atomic E-state index is 11.2. The van der Waals surface area contributed by atoms with Crippen LogP contribution in [0.5, 0.6) is 17.4 Å². The molecule has 9 heteroatoms. The van der Waals surface area contributed by atoms with Crippen LogP contribution in [-0.2, 0) is 17.8 Å². The molecular weight excluding hydrogens is 486 g/mol.